The minimum absolute atomic E-state index is 0.149. The number of rotatable bonds is 7. The van der Waals surface area contributed by atoms with E-state index in [0.29, 0.717) is 6.04 Å². The van der Waals surface area contributed by atoms with Gasteiger partial charge in [0, 0.05) is 19.2 Å². The van der Waals surface area contributed by atoms with Crippen LogP contribution in [0.3, 0.4) is 0 Å². The van der Waals surface area contributed by atoms with E-state index in [0.717, 1.165) is 18.9 Å². The summed E-state index contributed by atoms with van der Waals surface area (Å²) in [5.41, 5.74) is 1.57. The predicted octanol–water partition coefficient (Wildman–Crippen LogP) is 4.31. The molecule has 1 aromatic carbocycles. The molecule has 21 heavy (non-hydrogen) atoms. The zero-order valence-corrected chi connectivity index (χ0v) is 13.6. The van der Waals surface area contributed by atoms with Crippen molar-refractivity contribution in [3.05, 3.63) is 35.9 Å². The van der Waals surface area contributed by atoms with Gasteiger partial charge >= 0.3 is 0 Å². The van der Waals surface area contributed by atoms with Crippen LogP contribution in [-0.2, 0) is 0 Å². The summed E-state index contributed by atoms with van der Waals surface area (Å²) in [5, 5.41) is 13.0. The van der Waals surface area contributed by atoms with Crippen LogP contribution in [0, 0.1) is 11.3 Å². The topological polar surface area (TPSA) is 32.3 Å². The summed E-state index contributed by atoms with van der Waals surface area (Å²) in [6.45, 7) is 5.70. The first-order valence-electron chi connectivity index (χ1n) is 8.51. The van der Waals surface area contributed by atoms with Crippen molar-refractivity contribution in [3.8, 4) is 0 Å². The van der Waals surface area contributed by atoms with Crippen molar-refractivity contribution in [1.29, 1.82) is 0 Å². The standard InChI is InChI=1S/C19H31NO/c1-19(2,13-14-21)15-20-18(16-9-5-3-6-10-16)17-11-7-4-8-12-17/h3,5-6,9-10,17-18,20-21H,4,7-8,11-15H2,1-2H3. The van der Waals surface area contributed by atoms with Crippen molar-refractivity contribution < 1.29 is 5.11 Å². The Morgan fingerprint density at radius 1 is 1.14 bits per heavy atom. The second-order valence-corrected chi connectivity index (χ2v) is 7.31. The van der Waals surface area contributed by atoms with Crippen LogP contribution >= 0.6 is 0 Å². The highest BCUT2D eigenvalue weighted by Gasteiger charge is 2.27. The molecule has 1 aliphatic carbocycles. The van der Waals surface area contributed by atoms with Crippen LogP contribution in [0.25, 0.3) is 0 Å². The number of hydrogen-bond acceptors (Lipinski definition) is 2. The molecule has 2 N–H and O–H groups in total. The molecule has 0 amide bonds. The maximum atomic E-state index is 9.21. The van der Waals surface area contributed by atoms with Gasteiger partial charge in [0.1, 0.15) is 0 Å². The van der Waals surface area contributed by atoms with Gasteiger partial charge in [-0.2, -0.15) is 0 Å². The predicted molar refractivity (Wildman–Crippen MR) is 89.2 cm³/mol. The molecule has 0 heterocycles. The van der Waals surface area contributed by atoms with Crippen LogP contribution in [-0.4, -0.2) is 18.3 Å². The molecule has 2 heteroatoms. The molecule has 1 fully saturated rings. The minimum Gasteiger partial charge on any atom is -0.396 e. The second kappa shape index (κ2) is 7.95. The molecular weight excluding hydrogens is 258 g/mol. The number of nitrogens with one attached hydrogen (secondary N) is 1. The molecule has 1 unspecified atom stereocenters. The Balaban J connectivity index is 2.05. The summed E-state index contributed by atoms with van der Waals surface area (Å²) in [6.07, 6.45) is 7.67. The largest absolute Gasteiger partial charge is 0.396 e. The molecule has 1 aromatic rings. The molecule has 1 aliphatic rings. The quantitative estimate of drug-likeness (QED) is 0.784. The molecule has 0 aliphatic heterocycles. The molecule has 0 saturated heterocycles. The molecule has 0 spiro atoms. The van der Waals surface area contributed by atoms with Crippen molar-refractivity contribution in [3.63, 3.8) is 0 Å². The van der Waals surface area contributed by atoms with Gasteiger partial charge in [-0.15, -0.1) is 0 Å². The van der Waals surface area contributed by atoms with Crippen LogP contribution < -0.4 is 5.32 Å². The zero-order valence-electron chi connectivity index (χ0n) is 13.6. The van der Waals surface area contributed by atoms with Crippen LogP contribution in [0.2, 0.25) is 0 Å². The summed E-state index contributed by atoms with van der Waals surface area (Å²) in [4.78, 5) is 0. The number of aliphatic hydroxyl groups excluding tert-OH is 1. The molecule has 0 aromatic heterocycles. The van der Waals surface area contributed by atoms with Gasteiger partial charge in [0.15, 0.2) is 0 Å². The summed E-state index contributed by atoms with van der Waals surface area (Å²) < 4.78 is 0. The average molecular weight is 289 g/mol. The molecule has 0 radical (unpaired) electrons. The van der Waals surface area contributed by atoms with E-state index in [-0.39, 0.29) is 12.0 Å². The van der Waals surface area contributed by atoms with Crippen LogP contribution in [0.15, 0.2) is 30.3 Å². The molecule has 118 valence electrons. The Hall–Kier alpha value is -0.860. The molecule has 2 nitrogen and oxygen atoms in total. The van der Waals surface area contributed by atoms with E-state index in [9.17, 15) is 5.11 Å². The zero-order chi connectivity index (χ0) is 15.1. The highest BCUT2D eigenvalue weighted by molar-refractivity contribution is 5.20. The summed E-state index contributed by atoms with van der Waals surface area (Å²) in [5.74, 6) is 0.756. The van der Waals surface area contributed by atoms with Crippen molar-refractivity contribution in [2.24, 2.45) is 11.3 Å². The molecule has 0 bridgehead atoms. The number of hydrogen-bond donors (Lipinski definition) is 2. The second-order valence-electron chi connectivity index (χ2n) is 7.31. The van der Waals surface area contributed by atoms with Gasteiger partial charge in [-0.1, -0.05) is 63.4 Å². The van der Waals surface area contributed by atoms with Gasteiger partial charge in [-0.05, 0) is 36.2 Å². The van der Waals surface area contributed by atoms with Crippen molar-refractivity contribution in [2.45, 2.75) is 58.4 Å². The SMILES string of the molecule is CC(C)(CCO)CNC(c1ccccc1)C1CCCCC1. The minimum atomic E-state index is 0.149. The van der Waals surface area contributed by atoms with E-state index in [2.05, 4.69) is 49.5 Å². The van der Waals surface area contributed by atoms with Crippen LogP contribution in [0.5, 0.6) is 0 Å². The van der Waals surface area contributed by atoms with Crippen molar-refractivity contribution >= 4 is 0 Å². The average Bonchev–Trinajstić information content (AvgIpc) is 2.49. The Morgan fingerprint density at radius 2 is 1.81 bits per heavy atom. The van der Waals surface area contributed by atoms with E-state index in [1.807, 2.05) is 0 Å². The highest BCUT2D eigenvalue weighted by Crippen LogP contribution is 2.35. The summed E-state index contributed by atoms with van der Waals surface area (Å²) >= 11 is 0. The van der Waals surface area contributed by atoms with Gasteiger partial charge in [-0.25, -0.2) is 0 Å². The first-order chi connectivity index (χ1) is 10.1. The maximum Gasteiger partial charge on any atom is 0.0436 e. The fourth-order valence-corrected chi connectivity index (χ4v) is 3.46. The summed E-state index contributed by atoms with van der Waals surface area (Å²) in [6, 6.07) is 11.4. The monoisotopic (exact) mass is 289 g/mol. The van der Waals surface area contributed by atoms with Gasteiger partial charge in [0.05, 0.1) is 0 Å². The fraction of sp³-hybridized carbons (Fsp3) is 0.684. The van der Waals surface area contributed by atoms with E-state index in [1.165, 1.54) is 37.7 Å². The Labute approximate surface area is 130 Å². The van der Waals surface area contributed by atoms with E-state index in [1.54, 1.807) is 0 Å². The first-order valence-corrected chi connectivity index (χ1v) is 8.51. The van der Waals surface area contributed by atoms with Crippen LogP contribution in [0.4, 0.5) is 0 Å². The number of aliphatic hydroxyl groups is 1. The Morgan fingerprint density at radius 3 is 2.43 bits per heavy atom. The molecule has 1 atom stereocenters. The van der Waals surface area contributed by atoms with Crippen molar-refractivity contribution in [2.75, 3.05) is 13.2 Å². The van der Waals surface area contributed by atoms with Gasteiger partial charge in [0.2, 0.25) is 0 Å². The highest BCUT2D eigenvalue weighted by atomic mass is 16.3. The third kappa shape index (κ3) is 5.12. The lowest BCUT2D eigenvalue weighted by molar-refractivity contribution is 0.188. The fourth-order valence-electron chi connectivity index (χ4n) is 3.46. The van der Waals surface area contributed by atoms with Gasteiger partial charge in [-0.3, -0.25) is 0 Å². The Kier molecular flexibility index (Phi) is 6.25. The van der Waals surface area contributed by atoms with Gasteiger partial charge in [0.25, 0.3) is 0 Å². The number of benzene rings is 1. The lowest BCUT2D eigenvalue weighted by Crippen LogP contribution is -2.37. The third-order valence-corrected chi connectivity index (χ3v) is 4.87. The van der Waals surface area contributed by atoms with E-state index in [4.69, 9.17) is 0 Å². The maximum absolute atomic E-state index is 9.21. The lowest BCUT2D eigenvalue weighted by atomic mass is 9.80. The lowest BCUT2D eigenvalue weighted by Gasteiger charge is -2.34. The molecule has 1 saturated carbocycles. The summed E-state index contributed by atoms with van der Waals surface area (Å²) in [7, 11) is 0. The normalized spacial score (nSPS) is 18.6. The van der Waals surface area contributed by atoms with E-state index < -0.39 is 0 Å². The molecule has 2 rings (SSSR count). The van der Waals surface area contributed by atoms with E-state index >= 15 is 0 Å². The molecular formula is C19H31NO. The van der Waals surface area contributed by atoms with Crippen LogP contribution in [0.1, 0.15) is 64.0 Å². The van der Waals surface area contributed by atoms with Crippen molar-refractivity contribution in [1.82, 2.24) is 5.32 Å². The smallest absolute Gasteiger partial charge is 0.0436 e. The Bertz CT molecular complexity index is 395. The third-order valence-electron chi connectivity index (χ3n) is 4.87. The van der Waals surface area contributed by atoms with Gasteiger partial charge < -0.3 is 10.4 Å². The first kappa shape index (κ1) is 16.5.